The molecule has 0 aliphatic carbocycles. The molecule has 0 rings (SSSR count). The number of hydrogen-bond donors (Lipinski definition) is 3. The zero-order valence-corrected chi connectivity index (χ0v) is 21.4. The Balaban J connectivity index is 3.93. The zero-order chi connectivity index (χ0) is 23.7. The van der Waals surface area contributed by atoms with Gasteiger partial charge in [-0.3, -0.25) is 4.90 Å². The molecule has 2 atom stereocenters. The average Bonchev–Trinajstić information content (AvgIpc) is 2.77. The summed E-state index contributed by atoms with van der Waals surface area (Å²) in [6.45, 7) is 5.98. The Morgan fingerprint density at radius 3 is 1.41 bits per heavy atom. The summed E-state index contributed by atoms with van der Waals surface area (Å²) in [7, 11) is 0. The van der Waals surface area contributed by atoms with Gasteiger partial charge < -0.3 is 15.3 Å². The molecule has 0 aromatic heterocycles. The zero-order valence-electron chi connectivity index (χ0n) is 21.4. The molecular weight excluding hydrogens is 398 g/mol. The number of unbranched alkanes of at least 4 members (excludes halogenated alkanes) is 12. The molecule has 0 saturated carbocycles. The van der Waals surface area contributed by atoms with Crippen LogP contribution in [0.5, 0.6) is 0 Å². The van der Waals surface area contributed by atoms with Crippen LogP contribution in [0.15, 0.2) is 24.3 Å². The number of hydrogen-bond acceptors (Lipinski definition) is 4. The first-order valence-electron chi connectivity index (χ1n) is 13.6. The summed E-state index contributed by atoms with van der Waals surface area (Å²) in [5.41, 5.74) is 0. The monoisotopic (exact) mass is 453 g/mol. The Morgan fingerprint density at radius 2 is 1.00 bits per heavy atom. The van der Waals surface area contributed by atoms with Crippen molar-refractivity contribution in [2.75, 3.05) is 26.2 Å². The van der Waals surface area contributed by atoms with E-state index in [2.05, 4.69) is 38.2 Å². The van der Waals surface area contributed by atoms with Gasteiger partial charge in [0.25, 0.3) is 0 Å². The molecule has 0 saturated heterocycles. The van der Waals surface area contributed by atoms with E-state index in [1.165, 1.54) is 77.0 Å². The maximum absolute atomic E-state index is 10.3. The van der Waals surface area contributed by atoms with Gasteiger partial charge in [-0.2, -0.15) is 0 Å². The maximum Gasteiger partial charge on any atom is 0.0701 e. The van der Waals surface area contributed by atoms with Gasteiger partial charge in [-0.05, 0) is 38.5 Å². The summed E-state index contributed by atoms with van der Waals surface area (Å²) in [5, 5.41) is 30.0. The Bertz CT molecular complexity index is 389. The van der Waals surface area contributed by atoms with Gasteiger partial charge in [0.1, 0.15) is 0 Å². The van der Waals surface area contributed by atoms with Gasteiger partial charge in [-0.1, -0.05) is 102 Å². The van der Waals surface area contributed by atoms with E-state index in [4.69, 9.17) is 0 Å². The van der Waals surface area contributed by atoms with Crippen molar-refractivity contribution in [3.05, 3.63) is 24.3 Å². The molecule has 3 N–H and O–H groups in total. The standard InChI is InChI=1S/C28H55NO3/c1-3-5-7-9-11-13-15-17-19-21-27(31)25-29(23-24-30)26-28(32)22-20-18-16-14-12-10-8-6-4-2/h17-20,27-28,30-32H,3-16,21-26H2,1-2H3/b19-17-,20-18-. The number of rotatable bonds is 24. The van der Waals surface area contributed by atoms with Gasteiger partial charge in [0, 0.05) is 19.6 Å². The second-order valence-electron chi connectivity index (χ2n) is 9.32. The molecule has 32 heavy (non-hydrogen) atoms. The average molecular weight is 454 g/mol. The fraction of sp³-hybridized carbons (Fsp3) is 0.857. The second kappa shape index (κ2) is 25.0. The summed E-state index contributed by atoms with van der Waals surface area (Å²) in [6, 6.07) is 0. The molecule has 190 valence electrons. The Labute approximate surface area is 199 Å². The first-order chi connectivity index (χ1) is 15.6. The molecule has 0 heterocycles. The van der Waals surface area contributed by atoms with Crippen molar-refractivity contribution in [1.82, 2.24) is 4.90 Å². The van der Waals surface area contributed by atoms with Crippen molar-refractivity contribution in [3.63, 3.8) is 0 Å². The maximum atomic E-state index is 10.3. The summed E-state index contributed by atoms with van der Waals surface area (Å²) >= 11 is 0. The van der Waals surface area contributed by atoms with Crippen molar-refractivity contribution >= 4 is 0 Å². The number of allylic oxidation sites excluding steroid dienone is 2. The van der Waals surface area contributed by atoms with Crippen molar-refractivity contribution in [2.45, 2.75) is 129 Å². The van der Waals surface area contributed by atoms with E-state index < -0.39 is 12.2 Å². The van der Waals surface area contributed by atoms with Gasteiger partial charge in [0.05, 0.1) is 18.8 Å². The lowest BCUT2D eigenvalue weighted by Gasteiger charge is -2.26. The van der Waals surface area contributed by atoms with E-state index >= 15 is 0 Å². The minimum absolute atomic E-state index is 0.0428. The van der Waals surface area contributed by atoms with Crippen LogP contribution >= 0.6 is 0 Å². The lowest BCUT2D eigenvalue weighted by molar-refractivity contribution is 0.0617. The van der Waals surface area contributed by atoms with Gasteiger partial charge in [0.15, 0.2) is 0 Å². The first kappa shape index (κ1) is 31.3. The highest BCUT2D eigenvalue weighted by atomic mass is 16.3. The van der Waals surface area contributed by atoms with Crippen molar-refractivity contribution in [3.8, 4) is 0 Å². The number of aliphatic hydroxyl groups excluding tert-OH is 3. The van der Waals surface area contributed by atoms with Gasteiger partial charge in [0.2, 0.25) is 0 Å². The van der Waals surface area contributed by atoms with Crippen LogP contribution in [-0.2, 0) is 0 Å². The molecule has 2 unspecified atom stereocenters. The Hall–Kier alpha value is -0.680. The fourth-order valence-electron chi connectivity index (χ4n) is 3.97. The van der Waals surface area contributed by atoms with Crippen molar-refractivity contribution < 1.29 is 15.3 Å². The highest BCUT2D eigenvalue weighted by molar-refractivity contribution is 4.87. The van der Waals surface area contributed by atoms with E-state index in [1.807, 2.05) is 4.90 Å². The molecule has 0 bridgehead atoms. The third-order valence-corrected chi connectivity index (χ3v) is 5.95. The lowest BCUT2D eigenvalue weighted by Crippen LogP contribution is -2.39. The molecule has 0 aliphatic rings. The highest BCUT2D eigenvalue weighted by Gasteiger charge is 2.14. The molecule has 4 heteroatoms. The first-order valence-corrected chi connectivity index (χ1v) is 13.6. The fourth-order valence-corrected chi connectivity index (χ4v) is 3.97. The number of nitrogens with zero attached hydrogens (tertiary/aromatic N) is 1. The van der Waals surface area contributed by atoms with Crippen molar-refractivity contribution in [1.29, 1.82) is 0 Å². The number of aliphatic hydroxyl groups is 3. The largest absolute Gasteiger partial charge is 0.395 e. The van der Waals surface area contributed by atoms with Crippen LogP contribution in [-0.4, -0.2) is 58.7 Å². The molecule has 0 fully saturated rings. The molecule has 0 aromatic rings. The molecule has 0 radical (unpaired) electrons. The SMILES string of the molecule is CCCCCCCC/C=C\CC(O)CN(CCO)CC(O)C/C=C\CCCCCCCC. The van der Waals surface area contributed by atoms with E-state index in [0.29, 0.717) is 32.5 Å². The normalized spacial score (nSPS) is 14.2. The van der Waals surface area contributed by atoms with Crippen LogP contribution in [0.4, 0.5) is 0 Å². The summed E-state index contributed by atoms with van der Waals surface area (Å²) < 4.78 is 0. The van der Waals surface area contributed by atoms with Crippen LogP contribution in [0, 0.1) is 0 Å². The Morgan fingerprint density at radius 1 is 0.594 bits per heavy atom. The van der Waals surface area contributed by atoms with E-state index in [9.17, 15) is 15.3 Å². The summed E-state index contributed by atoms with van der Waals surface area (Å²) in [4.78, 5) is 1.97. The second-order valence-corrected chi connectivity index (χ2v) is 9.32. The van der Waals surface area contributed by atoms with Gasteiger partial charge >= 0.3 is 0 Å². The van der Waals surface area contributed by atoms with Crippen LogP contribution in [0.1, 0.15) is 117 Å². The van der Waals surface area contributed by atoms with Gasteiger partial charge in [-0.15, -0.1) is 0 Å². The van der Waals surface area contributed by atoms with Crippen LogP contribution in [0.2, 0.25) is 0 Å². The minimum atomic E-state index is -0.460. The topological polar surface area (TPSA) is 63.9 Å². The summed E-state index contributed by atoms with van der Waals surface area (Å²) in [6.07, 6.45) is 26.7. The third kappa shape index (κ3) is 22.5. The van der Waals surface area contributed by atoms with E-state index in [-0.39, 0.29) is 6.61 Å². The molecule has 0 aromatic carbocycles. The smallest absolute Gasteiger partial charge is 0.0701 e. The predicted octanol–water partition coefficient (Wildman–Crippen LogP) is 6.40. The third-order valence-electron chi connectivity index (χ3n) is 5.95. The predicted molar refractivity (Wildman–Crippen MR) is 139 cm³/mol. The van der Waals surface area contributed by atoms with Crippen LogP contribution < -0.4 is 0 Å². The van der Waals surface area contributed by atoms with Crippen molar-refractivity contribution in [2.24, 2.45) is 0 Å². The van der Waals surface area contributed by atoms with Crippen LogP contribution in [0.3, 0.4) is 0 Å². The van der Waals surface area contributed by atoms with E-state index in [0.717, 1.165) is 12.8 Å². The highest BCUT2D eigenvalue weighted by Crippen LogP contribution is 2.09. The summed E-state index contributed by atoms with van der Waals surface area (Å²) in [5.74, 6) is 0. The van der Waals surface area contributed by atoms with Crippen LogP contribution in [0.25, 0.3) is 0 Å². The molecule has 0 amide bonds. The lowest BCUT2D eigenvalue weighted by atomic mass is 10.1. The molecule has 0 aliphatic heterocycles. The quantitative estimate of drug-likeness (QED) is 0.117. The minimum Gasteiger partial charge on any atom is -0.395 e. The molecular formula is C28H55NO3. The van der Waals surface area contributed by atoms with Gasteiger partial charge in [-0.25, -0.2) is 0 Å². The molecule has 4 nitrogen and oxygen atoms in total. The molecule has 0 spiro atoms. The van der Waals surface area contributed by atoms with E-state index in [1.54, 1.807) is 0 Å². The Kier molecular flexibility index (Phi) is 24.4.